The Bertz CT molecular complexity index is 821. The second kappa shape index (κ2) is 9.70. The first kappa shape index (κ1) is 20.4. The molecular weight excluding hydrogens is 420 g/mol. The molecule has 0 spiro atoms. The number of methoxy groups -OCH3 is 1. The van der Waals surface area contributed by atoms with Crippen molar-refractivity contribution < 1.29 is 17.9 Å². The number of sulfonamides is 1. The van der Waals surface area contributed by atoms with Crippen molar-refractivity contribution in [1.82, 2.24) is 10.0 Å². The lowest BCUT2D eigenvalue weighted by molar-refractivity contribution is -0.120. The molecule has 0 fully saturated rings. The summed E-state index contributed by atoms with van der Waals surface area (Å²) >= 11 is 3.26. The van der Waals surface area contributed by atoms with E-state index in [1.807, 2.05) is 24.3 Å². The molecule has 0 bridgehead atoms. The third kappa shape index (κ3) is 6.44. The van der Waals surface area contributed by atoms with Crippen LogP contribution in [0.15, 0.2) is 57.9 Å². The number of hydrogen-bond acceptors (Lipinski definition) is 4. The fourth-order valence-electron chi connectivity index (χ4n) is 2.22. The van der Waals surface area contributed by atoms with Gasteiger partial charge in [-0.15, -0.1) is 0 Å². The molecule has 0 aliphatic heterocycles. The summed E-state index contributed by atoms with van der Waals surface area (Å²) < 4.78 is 32.5. The molecule has 0 unspecified atom stereocenters. The maximum Gasteiger partial charge on any atom is 0.240 e. The number of hydrogen-bond donors (Lipinski definition) is 2. The lowest BCUT2D eigenvalue weighted by atomic mass is 10.1. The molecule has 8 heteroatoms. The molecule has 2 rings (SSSR count). The van der Waals surface area contributed by atoms with Gasteiger partial charge >= 0.3 is 0 Å². The third-order valence-corrected chi connectivity index (χ3v) is 5.67. The average molecular weight is 441 g/mol. The van der Waals surface area contributed by atoms with Crippen molar-refractivity contribution in [1.29, 1.82) is 0 Å². The Hall–Kier alpha value is -1.90. The maximum atomic E-state index is 12.1. The van der Waals surface area contributed by atoms with E-state index in [0.29, 0.717) is 13.0 Å². The second-order valence-electron chi connectivity index (χ2n) is 5.55. The Kier molecular flexibility index (Phi) is 7.62. The van der Waals surface area contributed by atoms with E-state index in [-0.39, 0.29) is 23.8 Å². The van der Waals surface area contributed by atoms with Crippen molar-refractivity contribution in [3.05, 3.63) is 58.6 Å². The van der Waals surface area contributed by atoms with Gasteiger partial charge in [-0.25, -0.2) is 13.1 Å². The SMILES string of the molecule is COc1ccc(CCNC(=O)CCNS(=O)(=O)c2ccc(Br)cc2)cc1. The van der Waals surface area contributed by atoms with Gasteiger partial charge in [-0.05, 0) is 48.4 Å². The third-order valence-electron chi connectivity index (χ3n) is 3.66. The summed E-state index contributed by atoms with van der Waals surface area (Å²) in [6.45, 7) is 0.539. The lowest BCUT2D eigenvalue weighted by Gasteiger charge is -2.08. The van der Waals surface area contributed by atoms with E-state index >= 15 is 0 Å². The van der Waals surface area contributed by atoms with Crippen molar-refractivity contribution in [3.8, 4) is 5.75 Å². The van der Waals surface area contributed by atoms with Crippen LogP contribution in [0.2, 0.25) is 0 Å². The van der Waals surface area contributed by atoms with E-state index in [9.17, 15) is 13.2 Å². The number of carbonyl (C=O) groups excluding carboxylic acids is 1. The minimum Gasteiger partial charge on any atom is -0.497 e. The number of carbonyl (C=O) groups is 1. The van der Waals surface area contributed by atoms with Gasteiger partial charge in [0.1, 0.15) is 5.75 Å². The van der Waals surface area contributed by atoms with Gasteiger partial charge in [0.25, 0.3) is 0 Å². The van der Waals surface area contributed by atoms with Crippen molar-refractivity contribution in [2.45, 2.75) is 17.7 Å². The molecule has 0 radical (unpaired) electrons. The normalized spacial score (nSPS) is 11.2. The van der Waals surface area contributed by atoms with Crippen LogP contribution in [0.25, 0.3) is 0 Å². The zero-order valence-corrected chi connectivity index (χ0v) is 16.8. The van der Waals surface area contributed by atoms with Gasteiger partial charge in [0.05, 0.1) is 12.0 Å². The van der Waals surface area contributed by atoms with Crippen LogP contribution in [-0.2, 0) is 21.2 Å². The van der Waals surface area contributed by atoms with E-state index in [1.54, 1.807) is 19.2 Å². The van der Waals surface area contributed by atoms with Gasteiger partial charge in [0.2, 0.25) is 15.9 Å². The van der Waals surface area contributed by atoms with E-state index in [2.05, 4.69) is 26.0 Å². The molecule has 0 saturated carbocycles. The highest BCUT2D eigenvalue weighted by Gasteiger charge is 2.13. The van der Waals surface area contributed by atoms with Crippen LogP contribution >= 0.6 is 15.9 Å². The number of nitrogens with one attached hydrogen (secondary N) is 2. The largest absolute Gasteiger partial charge is 0.497 e. The molecular formula is C18H21BrN2O4S. The summed E-state index contributed by atoms with van der Waals surface area (Å²) in [4.78, 5) is 12.0. The van der Waals surface area contributed by atoms with Crippen LogP contribution in [0.5, 0.6) is 5.75 Å². The number of rotatable bonds is 9. The van der Waals surface area contributed by atoms with Gasteiger partial charge < -0.3 is 10.1 Å². The van der Waals surface area contributed by atoms with Crippen molar-refractivity contribution in [2.24, 2.45) is 0 Å². The summed E-state index contributed by atoms with van der Waals surface area (Å²) in [5.41, 5.74) is 1.09. The Morgan fingerprint density at radius 1 is 1.04 bits per heavy atom. The van der Waals surface area contributed by atoms with Gasteiger partial charge in [0.15, 0.2) is 0 Å². The first-order valence-electron chi connectivity index (χ1n) is 8.05. The van der Waals surface area contributed by atoms with E-state index in [1.165, 1.54) is 12.1 Å². The quantitative estimate of drug-likeness (QED) is 0.627. The molecule has 0 aliphatic carbocycles. The molecule has 1 amide bonds. The average Bonchev–Trinajstić information content (AvgIpc) is 2.62. The summed E-state index contributed by atoms with van der Waals surface area (Å²) in [7, 11) is -1.99. The Morgan fingerprint density at radius 3 is 2.31 bits per heavy atom. The highest BCUT2D eigenvalue weighted by Crippen LogP contribution is 2.14. The zero-order valence-electron chi connectivity index (χ0n) is 14.4. The van der Waals surface area contributed by atoms with Gasteiger partial charge in [-0.2, -0.15) is 0 Å². The second-order valence-corrected chi connectivity index (χ2v) is 8.23. The van der Waals surface area contributed by atoms with Gasteiger partial charge in [-0.3, -0.25) is 4.79 Å². The molecule has 0 saturated heterocycles. The fourth-order valence-corrected chi connectivity index (χ4v) is 3.52. The first-order valence-corrected chi connectivity index (χ1v) is 10.3. The smallest absolute Gasteiger partial charge is 0.240 e. The van der Waals surface area contributed by atoms with Crippen LogP contribution in [0.4, 0.5) is 0 Å². The number of amides is 1. The number of ether oxygens (including phenoxy) is 1. The van der Waals surface area contributed by atoms with Crippen molar-refractivity contribution in [3.63, 3.8) is 0 Å². The van der Waals surface area contributed by atoms with Crippen LogP contribution in [0.3, 0.4) is 0 Å². The Labute approximate surface area is 162 Å². The summed E-state index contributed by atoms with van der Waals surface area (Å²) in [5, 5.41) is 2.78. The van der Waals surface area contributed by atoms with Gasteiger partial charge in [-0.1, -0.05) is 28.1 Å². The molecule has 0 aliphatic rings. The summed E-state index contributed by atoms with van der Waals surface area (Å²) in [6.07, 6.45) is 0.777. The molecule has 140 valence electrons. The highest BCUT2D eigenvalue weighted by molar-refractivity contribution is 9.10. The molecule has 0 heterocycles. The molecule has 26 heavy (non-hydrogen) atoms. The summed E-state index contributed by atoms with van der Waals surface area (Å²) in [6, 6.07) is 13.9. The molecule has 2 aromatic rings. The molecule has 2 aromatic carbocycles. The van der Waals surface area contributed by atoms with Gasteiger partial charge in [0, 0.05) is 24.0 Å². The zero-order chi connectivity index (χ0) is 19.0. The number of halogens is 1. The standard InChI is InChI=1S/C18H21BrN2O4S/c1-25-16-6-2-14(3-7-16)10-12-20-18(22)11-13-21-26(23,24)17-8-4-15(19)5-9-17/h2-9,21H,10-13H2,1H3,(H,20,22). The molecule has 2 N–H and O–H groups in total. The Balaban J connectivity index is 1.70. The minimum atomic E-state index is -3.61. The Morgan fingerprint density at radius 2 is 1.69 bits per heavy atom. The van der Waals surface area contributed by atoms with Crippen molar-refractivity contribution in [2.75, 3.05) is 20.2 Å². The van der Waals surface area contributed by atoms with Crippen molar-refractivity contribution >= 4 is 31.9 Å². The predicted molar refractivity (Wildman–Crippen MR) is 104 cm³/mol. The monoisotopic (exact) mass is 440 g/mol. The lowest BCUT2D eigenvalue weighted by Crippen LogP contribution is -2.31. The van der Waals surface area contributed by atoms with Crippen LogP contribution in [0, 0.1) is 0 Å². The topological polar surface area (TPSA) is 84.5 Å². The van der Waals surface area contributed by atoms with Crippen LogP contribution < -0.4 is 14.8 Å². The fraction of sp³-hybridized carbons (Fsp3) is 0.278. The molecule has 0 aromatic heterocycles. The molecule has 0 atom stereocenters. The highest BCUT2D eigenvalue weighted by atomic mass is 79.9. The molecule has 6 nitrogen and oxygen atoms in total. The van der Waals surface area contributed by atoms with Crippen LogP contribution in [0.1, 0.15) is 12.0 Å². The van der Waals surface area contributed by atoms with E-state index in [0.717, 1.165) is 15.8 Å². The van der Waals surface area contributed by atoms with Crippen LogP contribution in [-0.4, -0.2) is 34.5 Å². The van der Waals surface area contributed by atoms with E-state index in [4.69, 9.17) is 4.74 Å². The number of benzene rings is 2. The summed E-state index contributed by atoms with van der Waals surface area (Å²) in [5.74, 6) is 0.591. The maximum absolute atomic E-state index is 12.1. The predicted octanol–water partition coefficient (Wildman–Crippen LogP) is 2.49. The first-order chi connectivity index (χ1) is 12.4. The minimum absolute atomic E-state index is 0.0484. The van der Waals surface area contributed by atoms with E-state index < -0.39 is 10.0 Å².